The van der Waals surface area contributed by atoms with Crippen molar-refractivity contribution in [3.8, 4) is 0 Å². The number of amides is 1. The maximum absolute atomic E-state index is 11.1. The molecule has 0 rings (SSSR count). The van der Waals surface area contributed by atoms with Crippen LogP contribution in [0.25, 0.3) is 0 Å². The molecule has 0 spiro atoms. The molecule has 0 aromatic rings. The van der Waals surface area contributed by atoms with Gasteiger partial charge in [0.1, 0.15) is 6.29 Å². The SMILES string of the molecule is CC(CCC(=O)NCCCC=O)C(=O)O. The number of nitrogens with one attached hydrogen (secondary N) is 1. The predicted molar refractivity (Wildman–Crippen MR) is 54.3 cm³/mol. The van der Waals surface area contributed by atoms with E-state index in [0.29, 0.717) is 25.8 Å². The smallest absolute Gasteiger partial charge is 0.306 e. The highest BCUT2D eigenvalue weighted by molar-refractivity contribution is 5.77. The first-order chi connectivity index (χ1) is 7.07. The maximum atomic E-state index is 11.1. The molecule has 86 valence electrons. The van der Waals surface area contributed by atoms with E-state index in [0.717, 1.165) is 6.29 Å². The van der Waals surface area contributed by atoms with Gasteiger partial charge in [-0.15, -0.1) is 0 Å². The summed E-state index contributed by atoms with van der Waals surface area (Å²) >= 11 is 0. The van der Waals surface area contributed by atoms with Gasteiger partial charge in [0.2, 0.25) is 5.91 Å². The average Bonchev–Trinajstić information content (AvgIpc) is 2.20. The topological polar surface area (TPSA) is 83.5 Å². The first-order valence-electron chi connectivity index (χ1n) is 5.01. The minimum atomic E-state index is -0.885. The predicted octanol–water partition coefficient (Wildman–Crippen LogP) is 0.583. The van der Waals surface area contributed by atoms with Crippen molar-refractivity contribution < 1.29 is 19.5 Å². The maximum Gasteiger partial charge on any atom is 0.306 e. The van der Waals surface area contributed by atoms with Crippen LogP contribution in [0.1, 0.15) is 32.6 Å². The summed E-state index contributed by atoms with van der Waals surface area (Å²) < 4.78 is 0. The van der Waals surface area contributed by atoms with Crippen molar-refractivity contribution in [2.45, 2.75) is 32.6 Å². The molecule has 5 heteroatoms. The largest absolute Gasteiger partial charge is 0.481 e. The van der Waals surface area contributed by atoms with Gasteiger partial charge in [-0.3, -0.25) is 9.59 Å². The van der Waals surface area contributed by atoms with Crippen molar-refractivity contribution in [1.29, 1.82) is 0 Å². The molecule has 1 atom stereocenters. The van der Waals surface area contributed by atoms with Crippen LogP contribution >= 0.6 is 0 Å². The molecule has 0 heterocycles. The van der Waals surface area contributed by atoms with Crippen LogP contribution in [0, 0.1) is 5.92 Å². The van der Waals surface area contributed by atoms with Crippen LogP contribution in [0.4, 0.5) is 0 Å². The summed E-state index contributed by atoms with van der Waals surface area (Å²) in [5.41, 5.74) is 0. The van der Waals surface area contributed by atoms with Gasteiger partial charge in [-0.1, -0.05) is 6.92 Å². The van der Waals surface area contributed by atoms with Crippen LogP contribution < -0.4 is 5.32 Å². The highest BCUT2D eigenvalue weighted by Crippen LogP contribution is 2.04. The zero-order valence-electron chi connectivity index (χ0n) is 8.86. The zero-order valence-corrected chi connectivity index (χ0v) is 8.86. The minimum absolute atomic E-state index is 0.158. The van der Waals surface area contributed by atoms with Crippen molar-refractivity contribution in [2.75, 3.05) is 6.54 Å². The van der Waals surface area contributed by atoms with E-state index in [-0.39, 0.29) is 12.3 Å². The van der Waals surface area contributed by atoms with Crippen molar-refractivity contribution in [3.63, 3.8) is 0 Å². The lowest BCUT2D eigenvalue weighted by Crippen LogP contribution is -2.25. The molecular weight excluding hydrogens is 198 g/mol. The summed E-state index contributed by atoms with van der Waals surface area (Å²) in [7, 11) is 0. The fourth-order valence-electron chi connectivity index (χ4n) is 0.973. The zero-order chi connectivity index (χ0) is 11.7. The lowest BCUT2D eigenvalue weighted by Gasteiger charge is -2.06. The lowest BCUT2D eigenvalue weighted by atomic mass is 10.1. The molecule has 0 saturated heterocycles. The molecule has 0 fully saturated rings. The Labute approximate surface area is 88.9 Å². The van der Waals surface area contributed by atoms with E-state index in [1.165, 1.54) is 0 Å². The number of unbranched alkanes of at least 4 members (excludes halogenated alkanes) is 1. The summed E-state index contributed by atoms with van der Waals surface area (Å²) in [5.74, 6) is -1.54. The number of hydrogen-bond donors (Lipinski definition) is 2. The summed E-state index contributed by atoms with van der Waals surface area (Å²) in [5, 5.41) is 11.2. The van der Waals surface area contributed by atoms with Crippen LogP contribution in [0.3, 0.4) is 0 Å². The van der Waals surface area contributed by atoms with Gasteiger partial charge in [0.15, 0.2) is 0 Å². The molecule has 2 N–H and O–H groups in total. The molecule has 1 unspecified atom stereocenters. The van der Waals surface area contributed by atoms with Crippen LogP contribution in [-0.2, 0) is 14.4 Å². The van der Waals surface area contributed by atoms with E-state index in [4.69, 9.17) is 5.11 Å². The molecular formula is C10H17NO4. The number of rotatable bonds is 8. The van der Waals surface area contributed by atoms with Gasteiger partial charge in [0.05, 0.1) is 5.92 Å². The highest BCUT2D eigenvalue weighted by Gasteiger charge is 2.12. The fraction of sp³-hybridized carbons (Fsp3) is 0.700. The Morgan fingerprint density at radius 1 is 1.47 bits per heavy atom. The quantitative estimate of drug-likeness (QED) is 0.458. The van der Waals surface area contributed by atoms with E-state index < -0.39 is 11.9 Å². The number of carboxylic acid groups (broad SMARTS) is 1. The second-order valence-corrected chi connectivity index (χ2v) is 3.44. The molecule has 0 aliphatic carbocycles. The number of carbonyl (C=O) groups excluding carboxylic acids is 2. The molecule has 5 nitrogen and oxygen atoms in total. The molecule has 0 aromatic carbocycles. The summed E-state index contributed by atoms with van der Waals surface area (Å²) in [6.07, 6.45) is 2.43. The van der Waals surface area contributed by atoms with Gasteiger partial charge >= 0.3 is 5.97 Å². The second kappa shape index (κ2) is 7.96. The average molecular weight is 215 g/mol. The van der Waals surface area contributed by atoms with E-state index in [1.807, 2.05) is 0 Å². The molecule has 0 aromatic heterocycles. The third kappa shape index (κ3) is 7.66. The number of hydrogen-bond acceptors (Lipinski definition) is 3. The molecule has 0 bridgehead atoms. The van der Waals surface area contributed by atoms with Crippen molar-refractivity contribution in [2.24, 2.45) is 5.92 Å². The molecule has 0 saturated carbocycles. The van der Waals surface area contributed by atoms with Gasteiger partial charge < -0.3 is 15.2 Å². The fourth-order valence-corrected chi connectivity index (χ4v) is 0.973. The Balaban J connectivity index is 3.49. The first kappa shape index (κ1) is 13.6. The van der Waals surface area contributed by atoms with Crippen LogP contribution in [0.15, 0.2) is 0 Å². The Morgan fingerprint density at radius 2 is 2.13 bits per heavy atom. The number of carboxylic acids is 1. The minimum Gasteiger partial charge on any atom is -0.481 e. The van der Waals surface area contributed by atoms with E-state index >= 15 is 0 Å². The van der Waals surface area contributed by atoms with Gasteiger partial charge in [0, 0.05) is 19.4 Å². The summed E-state index contributed by atoms with van der Waals surface area (Å²) in [6.45, 7) is 2.04. The van der Waals surface area contributed by atoms with Gasteiger partial charge in [-0.25, -0.2) is 0 Å². The van der Waals surface area contributed by atoms with Crippen molar-refractivity contribution in [1.82, 2.24) is 5.32 Å². The van der Waals surface area contributed by atoms with Crippen LogP contribution in [-0.4, -0.2) is 29.8 Å². The second-order valence-electron chi connectivity index (χ2n) is 3.44. The number of carbonyl (C=O) groups is 3. The Kier molecular flexibility index (Phi) is 7.23. The standard InChI is InChI=1S/C10H17NO4/c1-8(10(14)15)4-5-9(13)11-6-2-3-7-12/h7-8H,2-6H2,1H3,(H,11,13)(H,14,15). The molecule has 0 aliphatic rings. The van der Waals surface area contributed by atoms with Gasteiger partial charge in [0.25, 0.3) is 0 Å². The molecule has 15 heavy (non-hydrogen) atoms. The van der Waals surface area contributed by atoms with Crippen molar-refractivity contribution in [3.05, 3.63) is 0 Å². The van der Waals surface area contributed by atoms with Gasteiger partial charge in [-0.2, -0.15) is 0 Å². The Morgan fingerprint density at radius 3 is 2.67 bits per heavy atom. The van der Waals surface area contributed by atoms with E-state index in [2.05, 4.69) is 5.32 Å². The first-order valence-corrected chi connectivity index (χ1v) is 5.01. The number of aliphatic carboxylic acids is 1. The molecule has 1 amide bonds. The lowest BCUT2D eigenvalue weighted by molar-refractivity contribution is -0.141. The third-order valence-corrected chi connectivity index (χ3v) is 2.05. The summed E-state index contributed by atoms with van der Waals surface area (Å²) in [4.78, 5) is 31.5. The summed E-state index contributed by atoms with van der Waals surface area (Å²) in [6, 6.07) is 0. The van der Waals surface area contributed by atoms with E-state index in [1.54, 1.807) is 6.92 Å². The third-order valence-electron chi connectivity index (χ3n) is 2.05. The highest BCUT2D eigenvalue weighted by atomic mass is 16.4. The molecule has 0 radical (unpaired) electrons. The number of aldehydes is 1. The van der Waals surface area contributed by atoms with E-state index in [9.17, 15) is 14.4 Å². The monoisotopic (exact) mass is 215 g/mol. The van der Waals surface area contributed by atoms with Crippen LogP contribution in [0.5, 0.6) is 0 Å². The normalized spacial score (nSPS) is 11.8. The Bertz CT molecular complexity index is 227. The van der Waals surface area contributed by atoms with Crippen molar-refractivity contribution >= 4 is 18.2 Å². The molecule has 0 aliphatic heterocycles. The van der Waals surface area contributed by atoms with Crippen LogP contribution in [0.2, 0.25) is 0 Å². The van der Waals surface area contributed by atoms with Gasteiger partial charge in [-0.05, 0) is 12.8 Å². The Hall–Kier alpha value is -1.39.